The highest BCUT2D eigenvalue weighted by atomic mass is 32.1. The Hall–Kier alpha value is -0.970. The molecule has 3 N–H and O–H groups in total. The third-order valence-corrected chi connectivity index (χ3v) is 3.04. The average Bonchev–Trinajstić information content (AvgIpc) is 2.30. The molecule has 0 bridgehead atoms. The van der Waals surface area contributed by atoms with Gasteiger partial charge in [-0.05, 0) is 19.0 Å². The number of likely N-dealkylation sites (N-methyl/N-ethyl adjacent to an activating group) is 1. The van der Waals surface area contributed by atoms with Gasteiger partial charge in [-0.25, -0.2) is 0 Å². The lowest BCUT2D eigenvalue weighted by Crippen LogP contribution is -2.38. The van der Waals surface area contributed by atoms with E-state index >= 15 is 0 Å². The highest BCUT2D eigenvalue weighted by Gasteiger charge is 2.21. The number of thiocarbonyl (C=S) groups is 1. The van der Waals surface area contributed by atoms with Gasteiger partial charge in [0, 0.05) is 6.54 Å². The van der Waals surface area contributed by atoms with Gasteiger partial charge in [0.1, 0.15) is 0 Å². The second-order valence-electron chi connectivity index (χ2n) is 4.07. The minimum Gasteiger partial charge on any atom is -0.395 e. The number of hydrogen-bond donors (Lipinski definition) is 2. The molecule has 17 heavy (non-hydrogen) atoms. The van der Waals surface area contributed by atoms with Crippen molar-refractivity contribution in [2.75, 3.05) is 19.7 Å². The van der Waals surface area contributed by atoms with Crippen molar-refractivity contribution in [1.29, 1.82) is 0 Å². The molecule has 1 unspecified atom stereocenters. The molecule has 0 saturated heterocycles. The van der Waals surface area contributed by atoms with Gasteiger partial charge in [-0.15, -0.1) is 0 Å². The van der Waals surface area contributed by atoms with Crippen molar-refractivity contribution in [3.8, 4) is 0 Å². The Kier molecular flexibility index (Phi) is 5.55. The van der Waals surface area contributed by atoms with Crippen LogP contribution in [0.1, 0.15) is 24.1 Å². The van der Waals surface area contributed by atoms with Crippen molar-refractivity contribution in [2.45, 2.75) is 19.9 Å². The summed E-state index contributed by atoms with van der Waals surface area (Å²) in [6.45, 7) is 5.57. The topological polar surface area (TPSA) is 49.5 Å². The van der Waals surface area contributed by atoms with Crippen molar-refractivity contribution in [3.63, 3.8) is 0 Å². The minimum absolute atomic E-state index is 0.0947. The van der Waals surface area contributed by atoms with E-state index in [2.05, 4.69) is 4.90 Å². The van der Waals surface area contributed by atoms with Gasteiger partial charge in [0.25, 0.3) is 0 Å². The third-order valence-electron chi connectivity index (χ3n) is 2.82. The Morgan fingerprint density at radius 2 is 2.00 bits per heavy atom. The standard InChI is InChI=1S/C13H20N2OS/c1-3-15(8-9-16)12(13(14)17)11-6-4-10(2)5-7-11/h4-7,12,16H,3,8-9H2,1-2H3,(H2,14,17). The van der Waals surface area contributed by atoms with Crippen LogP contribution in [0.4, 0.5) is 0 Å². The summed E-state index contributed by atoms with van der Waals surface area (Å²) in [6, 6.07) is 8.09. The molecule has 4 heteroatoms. The molecule has 1 atom stereocenters. The number of benzene rings is 1. The van der Waals surface area contributed by atoms with Crippen LogP contribution in [0, 0.1) is 6.92 Å². The molecule has 0 fully saturated rings. The maximum absolute atomic E-state index is 9.06. The minimum atomic E-state index is -0.0947. The van der Waals surface area contributed by atoms with Crippen LogP contribution in [-0.2, 0) is 0 Å². The van der Waals surface area contributed by atoms with Gasteiger partial charge in [0.15, 0.2) is 0 Å². The molecule has 94 valence electrons. The van der Waals surface area contributed by atoms with Gasteiger partial charge in [-0.3, -0.25) is 4.90 Å². The number of rotatable bonds is 6. The van der Waals surface area contributed by atoms with Crippen LogP contribution in [0.5, 0.6) is 0 Å². The first-order valence-electron chi connectivity index (χ1n) is 5.81. The molecule has 3 nitrogen and oxygen atoms in total. The fourth-order valence-electron chi connectivity index (χ4n) is 1.90. The van der Waals surface area contributed by atoms with E-state index in [-0.39, 0.29) is 12.6 Å². The van der Waals surface area contributed by atoms with E-state index in [0.717, 1.165) is 12.1 Å². The summed E-state index contributed by atoms with van der Waals surface area (Å²) in [5, 5.41) is 9.06. The molecule has 0 heterocycles. The molecule has 0 aromatic heterocycles. The molecule has 0 aliphatic rings. The first-order valence-corrected chi connectivity index (χ1v) is 6.21. The normalized spacial score (nSPS) is 12.7. The molecule has 0 aliphatic carbocycles. The Morgan fingerprint density at radius 3 is 2.41 bits per heavy atom. The van der Waals surface area contributed by atoms with Gasteiger partial charge < -0.3 is 10.8 Å². The van der Waals surface area contributed by atoms with Crippen LogP contribution in [0.3, 0.4) is 0 Å². The maximum Gasteiger partial charge on any atom is 0.0948 e. The van der Waals surface area contributed by atoms with E-state index in [1.165, 1.54) is 5.56 Å². The van der Waals surface area contributed by atoms with Crippen LogP contribution < -0.4 is 5.73 Å². The third kappa shape index (κ3) is 3.77. The lowest BCUT2D eigenvalue weighted by atomic mass is 10.0. The Morgan fingerprint density at radius 1 is 1.41 bits per heavy atom. The molecular formula is C13H20N2OS. The van der Waals surface area contributed by atoms with Gasteiger partial charge in [-0.2, -0.15) is 0 Å². The maximum atomic E-state index is 9.06. The summed E-state index contributed by atoms with van der Waals surface area (Å²) in [7, 11) is 0. The lowest BCUT2D eigenvalue weighted by molar-refractivity contribution is 0.185. The zero-order chi connectivity index (χ0) is 12.8. The van der Waals surface area contributed by atoms with E-state index in [9.17, 15) is 0 Å². The molecule has 1 aromatic rings. The van der Waals surface area contributed by atoms with Crippen LogP contribution >= 0.6 is 12.2 Å². The van der Waals surface area contributed by atoms with Gasteiger partial charge >= 0.3 is 0 Å². The summed E-state index contributed by atoms with van der Waals surface area (Å²) < 4.78 is 0. The zero-order valence-electron chi connectivity index (χ0n) is 10.4. The molecule has 0 aliphatic heterocycles. The molecular weight excluding hydrogens is 232 g/mol. The fourth-order valence-corrected chi connectivity index (χ4v) is 2.19. The van der Waals surface area contributed by atoms with Gasteiger partial charge in [0.2, 0.25) is 0 Å². The van der Waals surface area contributed by atoms with Gasteiger partial charge in [-0.1, -0.05) is 49.0 Å². The van der Waals surface area contributed by atoms with E-state index in [4.69, 9.17) is 23.1 Å². The molecule has 0 amide bonds. The summed E-state index contributed by atoms with van der Waals surface area (Å²) in [4.78, 5) is 2.52. The molecule has 0 radical (unpaired) electrons. The zero-order valence-corrected chi connectivity index (χ0v) is 11.2. The number of nitrogens with zero attached hydrogens (tertiary/aromatic N) is 1. The van der Waals surface area contributed by atoms with E-state index in [1.807, 2.05) is 38.1 Å². The van der Waals surface area contributed by atoms with E-state index < -0.39 is 0 Å². The smallest absolute Gasteiger partial charge is 0.0948 e. The second-order valence-corrected chi connectivity index (χ2v) is 4.54. The average molecular weight is 252 g/mol. The number of hydrogen-bond acceptors (Lipinski definition) is 3. The number of aliphatic hydroxyl groups excluding tert-OH is 1. The predicted molar refractivity (Wildman–Crippen MR) is 75.0 cm³/mol. The van der Waals surface area contributed by atoms with Crippen LogP contribution in [0.15, 0.2) is 24.3 Å². The summed E-state index contributed by atoms with van der Waals surface area (Å²) in [6.07, 6.45) is 0. The van der Waals surface area contributed by atoms with Crippen molar-refractivity contribution < 1.29 is 5.11 Å². The quantitative estimate of drug-likeness (QED) is 0.756. The molecule has 0 spiro atoms. The van der Waals surface area contributed by atoms with E-state index in [0.29, 0.717) is 11.5 Å². The summed E-state index contributed by atoms with van der Waals surface area (Å²) >= 11 is 5.14. The van der Waals surface area contributed by atoms with Crippen molar-refractivity contribution in [2.24, 2.45) is 5.73 Å². The first kappa shape index (κ1) is 14.1. The van der Waals surface area contributed by atoms with Crippen LogP contribution in [0.25, 0.3) is 0 Å². The van der Waals surface area contributed by atoms with Crippen molar-refractivity contribution in [1.82, 2.24) is 4.90 Å². The molecule has 1 aromatic carbocycles. The van der Waals surface area contributed by atoms with Crippen LogP contribution in [-0.4, -0.2) is 34.7 Å². The monoisotopic (exact) mass is 252 g/mol. The summed E-state index contributed by atoms with van der Waals surface area (Å²) in [5.41, 5.74) is 8.11. The van der Waals surface area contributed by atoms with E-state index in [1.54, 1.807) is 0 Å². The lowest BCUT2D eigenvalue weighted by Gasteiger charge is -2.29. The number of aryl methyl sites for hydroxylation is 1. The summed E-state index contributed by atoms with van der Waals surface area (Å²) in [5.74, 6) is 0. The SMILES string of the molecule is CCN(CCO)C(C(N)=S)c1ccc(C)cc1. The highest BCUT2D eigenvalue weighted by Crippen LogP contribution is 2.21. The largest absolute Gasteiger partial charge is 0.395 e. The predicted octanol–water partition coefficient (Wildman–Crippen LogP) is 1.64. The number of nitrogens with two attached hydrogens (primary N) is 1. The molecule has 1 rings (SSSR count). The fraction of sp³-hybridized carbons (Fsp3) is 0.462. The van der Waals surface area contributed by atoms with Gasteiger partial charge in [0.05, 0.1) is 17.6 Å². The Bertz CT molecular complexity index is 364. The van der Waals surface area contributed by atoms with Crippen molar-refractivity contribution in [3.05, 3.63) is 35.4 Å². The second kappa shape index (κ2) is 6.69. The highest BCUT2D eigenvalue weighted by molar-refractivity contribution is 7.80. The van der Waals surface area contributed by atoms with Crippen molar-refractivity contribution >= 4 is 17.2 Å². The van der Waals surface area contributed by atoms with Crippen LogP contribution in [0.2, 0.25) is 0 Å². The molecule has 0 saturated carbocycles. The number of aliphatic hydroxyl groups is 1. The first-order chi connectivity index (χ1) is 8.10. The Balaban J connectivity index is 2.99. The Labute approximate surface area is 108 Å².